The van der Waals surface area contributed by atoms with Crippen LogP contribution >= 0.6 is 0 Å². The molecule has 92 valence electrons. The van der Waals surface area contributed by atoms with Gasteiger partial charge in [-0.15, -0.1) is 0 Å². The number of Topliss-reactive ketones (excluding diaryl/α,β-unsaturated/α-hetero) is 1. The van der Waals surface area contributed by atoms with Gasteiger partial charge in [0.1, 0.15) is 5.78 Å². The second-order valence-corrected chi connectivity index (χ2v) is 7.63. The van der Waals surface area contributed by atoms with E-state index in [4.69, 9.17) is 0 Å². The van der Waals surface area contributed by atoms with Gasteiger partial charge < -0.3 is 0 Å². The fourth-order valence-corrected chi connectivity index (χ4v) is 5.71. The molecule has 0 radical (unpaired) electrons. The van der Waals surface area contributed by atoms with E-state index in [1.54, 1.807) is 6.92 Å². The fourth-order valence-electron chi connectivity index (χ4n) is 3.06. The van der Waals surface area contributed by atoms with E-state index >= 15 is 0 Å². The SMILES string of the molecule is CC1C(=O)CCC1S(=O)(=O)C1CCCCC1. The van der Waals surface area contributed by atoms with Crippen molar-refractivity contribution >= 4 is 15.6 Å². The number of sulfone groups is 1. The molecule has 2 atom stereocenters. The van der Waals surface area contributed by atoms with Crippen LogP contribution in [-0.2, 0) is 14.6 Å². The first-order valence-electron chi connectivity index (χ1n) is 6.29. The average Bonchev–Trinajstić information content (AvgIpc) is 2.61. The van der Waals surface area contributed by atoms with Crippen molar-refractivity contribution in [2.24, 2.45) is 5.92 Å². The van der Waals surface area contributed by atoms with Crippen molar-refractivity contribution < 1.29 is 13.2 Å². The normalized spacial score (nSPS) is 33.2. The summed E-state index contributed by atoms with van der Waals surface area (Å²) in [5.74, 6) is -0.142. The van der Waals surface area contributed by atoms with E-state index in [1.807, 2.05) is 0 Å². The Morgan fingerprint density at radius 2 is 1.69 bits per heavy atom. The highest BCUT2D eigenvalue weighted by Gasteiger charge is 2.43. The molecule has 2 rings (SSSR count). The predicted molar refractivity (Wildman–Crippen MR) is 63.0 cm³/mol. The van der Waals surface area contributed by atoms with E-state index in [1.165, 1.54) is 0 Å². The Kier molecular flexibility index (Phi) is 3.38. The zero-order chi connectivity index (χ0) is 11.8. The minimum atomic E-state index is -3.06. The lowest BCUT2D eigenvalue weighted by molar-refractivity contribution is -0.120. The van der Waals surface area contributed by atoms with Crippen molar-refractivity contribution in [3.63, 3.8) is 0 Å². The molecule has 2 saturated carbocycles. The van der Waals surface area contributed by atoms with E-state index < -0.39 is 9.84 Å². The van der Waals surface area contributed by atoms with Crippen LogP contribution in [0.4, 0.5) is 0 Å². The number of hydrogen-bond acceptors (Lipinski definition) is 3. The van der Waals surface area contributed by atoms with E-state index in [0.717, 1.165) is 32.1 Å². The molecule has 0 bridgehead atoms. The van der Waals surface area contributed by atoms with Crippen molar-refractivity contribution in [3.05, 3.63) is 0 Å². The molecular formula is C12H20O3S. The Bertz CT molecular complexity index is 366. The van der Waals surface area contributed by atoms with Crippen LogP contribution in [0.1, 0.15) is 51.9 Å². The molecule has 0 amide bonds. The van der Waals surface area contributed by atoms with Crippen molar-refractivity contribution in [1.29, 1.82) is 0 Å². The minimum Gasteiger partial charge on any atom is -0.299 e. The number of carbonyl (C=O) groups is 1. The molecule has 0 N–H and O–H groups in total. The second kappa shape index (κ2) is 4.47. The number of ketones is 1. The lowest BCUT2D eigenvalue weighted by atomic mass is 10.0. The molecule has 2 unspecified atom stereocenters. The van der Waals surface area contributed by atoms with Gasteiger partial charge in [-0.05, 0) is 19.3 Å². The number of carbonyl (C=O) groups excluding carboxylic acids is 1. The van der Waals surface area contributed by atoms with Gasteiger partial charge in [0.15, 0.2) is 9.84 Å². The Balaban J connectivity index is 2.15. The third kappa shape index (κ3) is 2.04. The number of rotatable bonds is 2. The summed E-state index contributed by atoms with van der Waals surface area (Å²) < 4.78 is 24.8. The van der Waals surface area contributed by atoms with Gasteiger partial charge in [0.2, 0.25) is 0 Å². The summed E-state index contributed by atoms with van der Waals surface area (Å²) in [5, 5.41) is -0.553. The molecule has 0 spiro atoms. The lowest BCUT2D eigenvalue weighted by Crippen LogP contribution is -2.36. The monoisotopic (exact) mass is 244 g/mol. The Labute approximate surface area is 97.5 Å². The maximum Gasteiger partial charge on any atom is 0.156 e. The Morgan fingerprint density at radius 3 is 2.19 bits per heavy atom. The summed E-state index contributed by atoms with van der Waals surface area (Å²) in [6, 6.07) is 0. The highest BCUT2D eigenvalue weighted by molar-refractivity contribution is 7.92. The first-order chi connectivity index (χ1) is 7.53. The third-order valence-electron chi connectivity index (χ3n) is 4.18. The van der Waals surface area contributed by atoms with Crippen LogP contribution in [0.15, 0.2) is 0 Å². The summed E-state index contributed by atoms with van der Waals surface area (Å²) in [6.45, 7) is 1.78. The maximum atomic E-state index is 12.4. The number of hydrogen-bond donors (Lipinski definition) is 0. The highest BCUT2D eigenvalue weighted by Crippen LogP contribution is 2.34. The Hall–Kier alpha value is -0.380. The molecule has 0 aromatic heterocycles. The molecule has 0 aliphatic heterocycles. The largest absolute Gasteiger partial charge is 0.299 e. The molecule has 0 aromatic rings. The van der Waals surface area contributed by atoms with E-state index in [-0.39, 0.29) is 22.2 Å². The van der Waals surface area contributed by atoms with Crippen LogP contribution in [0.3, 0.4) is 0 Å². The molecule has 4 heteroatoms. The van der Waals surface area contributed by atoms with Gasteiger partial charge in [0.05, 0.1) is 10.5 Å². The molecule has 2 aliphatic rings. The van der Waals surface area contributed by atoms with Crippen LogP contribution in [0, 0.1) is 5.92 Å². The molecule has 0 saturated heterocycles. The van der Waals surface area contributed by atoms with Gasteiger partial charge in [-0.1, -0.05) is 26.2 Å². The summed E-state index contributed by atoms with van der Waals surface area (Å²) in [7, 11) is -3.06. The third-order valence-corrected chi connectivity index (χ3v) is 7.07. The molecular weight excluding hydrogens is 224 g/mol. The van der Waals surface area contributed by atoms with E-state index in [9.17, 15) is 13.2 Å². The quantitative estimate of drug-likeness (QED) is 0.747. The van der Waals surface area contributed by atoms with Crippen molar-refractivity contribution in [1.82, 2.24) is 0 Å². The van der Waals surface area contributed by atoms with Gasteiger partial charge in [-0.2, -0.15) is 0 Å². The van der Waals surface area contributed by atoms with Crippen LogP contribution in [0.5, 0.6) is 0 Å². The summed E-state index contributed by atoms with van der Waals surface area (Å²) in [5.41, 5.74) is 0. The van der Waals surface area contributed by atoms with Crippen LogP contribution in [-0.4, -0.2) is 24.7 Å². The zero-order valence-corrected chi connectivity index (χ0v) is 10.6. The summed E-state index contributed by atoms with van der Waals surface area (Å²) >= 11 is 0. The zero-order valence-electron chi connectivity index (χ0n) is 9.81. The second-order valence-electron chi connectivity index (χ2n) is 5.18. The van der Waals surface area contributed by atoms with Crippen molar-refractivity contribution in [2.75, 3.05) is 0 Å². The van der Waals surface area contributed by atoms with Gasteiger partial charge >= 0.3 is 0 Å². The van der Waals surface area contributed by atoms with Gasteiger partial charge in [-0.3, -0.25) is 4.79 Å². The molecule has 2 aliphatic carbocycles. The lowest BCUT2D eigenvalue weighted by Gasteiger charge is -2.26. The van der Waals surface area contributed by atoms with Crippen LogP contribution in [0.2, 0.25) is 0 Å². The van der Waals surface area contributed by atoms with Crippen LogP contribution < -0.4 is 0 Å². The topological polar surface area (TPSA) is 51.2 Å². The molecule has 2 fully saturated rings. The highest BCUT2D eigenvalue weighted by atomic mass is 32.2. The molecule has 0 aromatic carbocycles. The maximum absolute atomic E-state index is 12.4. The van der Waals surface area contributed by atoms with Crippen LogP contribution in [0.25, 0.3) is 0 Å². The Morgan fingerprint density at radius 1 is 1.06 bits per heavy atom. The smallest absolute Gasteiger partial charge is 0.156 e. The first-order valence-corrected chi connectivity index (χ1v) is 7.90. The first kappa shape index (κ1) is 12.1. The molecule has 0 heterocycles. The van der Waals surface area contributed by atoms with Gasteiger partial charge in [0.25, 0.3) is 0 Å². The van der Waals surface area contributed by atoms with Crippen molar-refractivity contribution in [2.45, 2.75) is 62.4 Å². The van der Waals surface area contributed by atoms with Gasteiger partial charge in [0, 0.05) is 12.3 Å². The summed E-state index contributed by atoms with van der Waals surface area (Å²) in [6.07, 6.45) is 5.83. The standard InChI is InChI=1S/C12H20O3S/c1-9-11(13)7-8-12(9)16(14,15)10-5-3-2-4-6-10/h9-10,12H,2-8H2,1H3. The van der Waals surface area contributed by atoms with Gasteiger partial charge in [-0.25, -0.2) is 8.42 Å². The van der Waals surface area contributed by atoms with E-state index in [2.05, 4.69) is 0 Å². The predicted octanol–water partition coefficient (Wildman–Crippen LogP) is 2.10. The minimum absolute atomic E-state index is 0.129. The van der Waals surface area contributed by atoms with E-state index in [0.29, 0.717) is 12.8 Å². The van der Waals surface area contributed by atoms with Crippen molar-refractivity contribution in [3.8, 4) is 0 Å². The fraction of sp³-hybridized carbons (Fsp3) is 0.917. The average molecular weight is 244 g/mol. The summed E-state index contributed by atoms with van der Waals surface area (Å²) in [4.78, 5) is 11.4. The molecule has 3 nitrogen and oxygen atoms in total. The molecule has 16 heavy (non-hydrogen) atoms.